The maximum Gasteiger partial charge on any atom is 0.329 e. The largest absolute Gasteiger partial charge is 0.480 e. The van der Waals surface area contributed by atoms with Crippen LogP contribution < -0.4 is 0 Å². The number of likely N-dealkylation sites (tertiary alicyclic amines) is 1. The number of rotatable bonds is 4. The van der Waals surface area contributed by atoms with E-state index in [1.807, 2.05) is 0 Å². The summed E-state index contributed by atoms with van der Waals surface area (Å²) in [7, 11) is 1.39. The summed E-state index contributed by atoms with van der Waals surface area (Å²) in [6, 6.07) is -1.03. The van der Waals surface area contributed by atoms with E-state index in [0.29, 0.717) is 0 Å². The van der Waals surface area contributed by atoms with Gasteiger partial charge < -0.3 is 19.8 Å². The third-order valence-corrected chi connectivity index (χ3v) is 2.54. The van der Waals surface area contributed by atoms with Crippen molar-refractivity contribution in [3.63, 3.8) is 0 Å². The number of aliphatic hydroxyl groups excluding tert-OH is 1. The van der Waals surface area contributed by atoms with Gasteiger partial charge in [0.1, 0.15) is 0 Å². The molecule has 0 aromatic heterocycles. The summed E-state index contributed by atoms with van der Waals surface area (Å²) in [5.41, 5.74) is 0. The molecule has 1 aliphatic rings. The summed E-state index contributed by atoms with van der Waals surface area (Å²) in [6.07, 6.45) is -1.39. The average Bonchev–Trinajstić information content (AvgIpc) is 2.45. The monoisotopic (exact) mass is 217 g/mol. The minimum atomic E-state index is -1.12. The molecule has 0 aliphatic carbocycles. The number of carboxylic acid groups (broad SMARTS) is 1. The molecule has 0 bridgehead atoms. The van der Waals surface area contributed by atoms with E-state index in [-0.39, 0.29) is 18.9 Å². The second-order valence-corrected chi connectivity index (χ2v) is 3.63. The lowest BCUT2D eigenvalue weighted by atomic mass is 10.1. The van der Waals surface area contributed by atoms with Crippen molar-refractivity contribution in [2.24, 2.45) is 0 Å². The van der Waals surface area contributed by atoms with Gasteiger partial charge in [0.25, 0.3) is 0 Å². The van der Waals surface area contributed by atoms with E-state index in [1.54, 1.807) is 6.92 Å². The zero-order valence-electron chi connectivity index (χ0n) is 8.71. The van der Waals surface area contributed by atoms with Gasteiger partial charge in [0.2, 0.25) is 5.91 Å². The average molecular weight is 217 g/mol. The van der Waals surface area contributed by atoms with Crippen LogP contribution in [0.3, 0.4) is 0 Å². The second kappa shape index (κ2) is 4.59. The van der Waals surface area contributed by atoms with Gasteiger partial charge in [-0.2, -0.15) is 0 Å². The molecule has 0 spiro atoms. The first-order valence-electron chi connectivity index (χ1n) is 4.70. The molecule has 1 heterocycles. The third-order valence-electron chi connectivity index (χ3n) is 2.54. The first-order chi connectivity index (χ1) is 6.97. The predicted octanol–water partition coefficient (Wildman–Crippen LogP) is -0.932. The molecule has 6 heteroatoms. The van der Waals surface area contributed by atoms with Crippen LogP contribution in [-0.4, -0.2) is 58.9 Å². The zero-order valence-corrected chi connectivity index (χ0v) is 8.71. The van der Waals surface area contributed by atoms with Gasteiger partial charge >= 0.3 is 5.97 Å². The molecule has 2 N–H and O–H groups in total. The van der Waals surface area contributed by atoms with Crippen molar-refractivity contribution in [1.29, 1.82) is 0 Å². The molecule has 86 valence electrons. The molecule has 6 nitrogen and oxygen atoms in total. The smallest absolute Gasteiger partial charge is 0.329 e. The lowest BCUT2D eigenvalue weighted by molar-refractivity contribution is -0.153. The normalized spacial score (nSPS) is 25.4. The summed E-state index contributed by atoms with van der Waals surface area (Å²) >= 11 is 0. The van der Waals surface area contributed by atoms with Crippen molar-refractivity contribution in [3.05, 3.63) is 0 Å². The van der Waals surface area contributed by atoms with Crippen LogP contribution in [0.5, 0.6) is 0 Å². The number of aliphatic hydroxyl groups is 1. The van der Waals surface area contributed by atoms with E-state index in [9.17, 15) is 14.7 Å². The molecule has 1 amide bonds. The van der Waals surface area contributed by atoms with Gasteiger partial charge in [-0.15, -0.1) is 0 Å². The van der Waals surface area contributed by atoms with E-state index in [1.165, 1.54) is 7.11 Å². The van der Waals surface area contributed by atoms with Gasteiger partial charge in [-0.3, -0.25) is 4.79 Å². The lowest BCUT2D eigenvalue weighted by Gasteiger charge is -2.28. The molecule has 0 saturated carbocycles. The highest BCUT2D eigenvalue weighted by atomic mass is 16.5. The molecule has 1 aliphatic heterocycles. The van der Waals surface area contributed by atoms with Crippen LogP contribution in [0.25, 0.3) is 0 Å². The van der Waals surface area contributed by atoms with Crippen molar-refractivity contribution in [2.75, 3.05) is 13.7 Å². The number of carboxylic acids is 1. The molecule has 1 rings (SSSR count). The predicted molar refractivity (Wildman–Crippen MR) is 50.2 cm³/mol. The number of hydrogen-bond acceptors (Lipinski definition) is 4. The highest BCUT2D eigenvalue weighted by molar-refractivity contribution is 5.85. The molecular weight excluding hydrogens is 202 g/mol. The van der Waals surface area contributed by atoms with Gasteiger partial charge in [0.05, 0.1) is 18.6 Å². The minimum absolute atomic E-state index is 0.0137. The number of carbonyl (C=O) groups is 2. The number of aliphatic carboxylic acids is 1. The molecule has 0 aromatic rings. The number of nitrogens with zero attached hydrogens (tertiary/aromatic N) is 1. The second-order valence-electron chi connectivity index (χ2n) is 3.63. The Morgan fingerprint density at radius 3 is 2.60 bits per heavy atom. The molecule has 0 aromatic carbocycles. The molecule has 0 radical (unpaired) electrons. The molecule has 1 saturated heterocycles. The van der Waals surface area contributed by atoms with Gasteiger partial charge in [-0.1, -0.05) is 0 Å². The molecule has 15 heavy (non-hydrogen) atoms. The van der Waals surface area contributed by atoms with Crippen molar-refractivity contribution in [3.8, 4) is 0 Å². The SMILES string of the molecule is CO[C@H](C)[C@@H](C(=O)O)N1CC(O)CC1=O. The fourth-order valence-electron chi connectivity index (χ4n) is 1.70. The molecular formula is C9H15NO5. The highest BCUT2D eigenvalue weighted by Gasteiger charge is 2.40. The summed E-state index contributed by atoms with van der Waals surface area (Å²) in [5, 5.41) is 18.2. The number of carbonyl (C=O) groups excluding carboxylic acids is 1. The standard InChI is InChI=1S/C9H15NO5/c1-5(15-2)8(9(13)14)10-4-6(11)3-7(10)12/h5-6,8,11H,3-4H2,1-2H3,(H,13,14)/t5-,6?,8+/m1/s1. The van der Waals surface area contributed by atoms with Crippen LogP contribution in [0.4, 0.5) is 0 Å². The Balaban J connectivity index is 2.81. The molecule has 1 unspecified atom stereocenters. The van der Waals surface area contributed by atoms with Crippen LogP contribution in [0, 0.1) is 0 Å². The van der Waals surface area contributed by atoms with E-state index < -0.39 is 24.2 Å². The number of methoxy groups -OCH3 is 1. The van der Waals surface area contributed by atoms with Gasteiger partial charge in [0.15, 0.2) is 6.04 Å². The topological polar surface area (TPSA) is 87.1 Å². The first-order valence-corrected chi connectivity index (χ1v) is 4.70. The maximum absolute atomic E-state index is 11.4. The summed E-state index contributed by atoms with van der Waals surface area (Å²) in [5.74, 6) is -1.47. The Kier molecular flexibility index (Phi) is 3.65. The first kappa shape index (κ1) is 11.9. The number of amides is 1. The van der Waals surface area contributed by atoms with Crippen molar-refractivity contribution in [2.45, 2.75) is 31.6 Å². The fourth-order valence-corrected chi connectivity index (χ4v) is 1.70. The lowest BCUT2D eigenvalue weighted by Crippen LogP contribution is -2.49. The van der Waals surface area contributed by atoms with Crippen molar-refractivity contribution in [1.82, 2.24) is 4.90 Å². The Bertz CT molecular complexity index is 267. The zero-order chi connectivity index (χ0) is 11.6. The van der Waals surface area contributed by atoms with Crippen LogP contribution in [0.2, 0.25) is 0 Å². The number of β-amino-alcohol motifs (C(OH)–C–C–N with tert-alkyl or cyclic N) is 1. The van der Waals surface area contributed by atoms with Crippen LogP contribution in [-0.2, 0) is 14.3 Å². The van der Waals surface area contributed by atoms with Crippen LogP contribution in [0.1, 0.15) is 13.3 Å². The minimum Gasteiger partial charge on any atom is -0.480 e. The van der Waals surface area contributed by atoms with Crippen molar-refractivity contribution < 1.29 is 24.5 Å². The summed E-state index contributed by atoms with van der Waals surface area (Å²) in [6.45, 7) is 1.64. The van der Waals surface area contributed by atoms with Gasteiger partial charge in [0, 0.05) is 13.7 Å². The quantitative estimate of drug-likeness (QED) is 0.635. The van der Waals surface area contributed by atoms with E-state index in [0.717, 1.165) is 4.90 Å². The fraction of sp³-hybridized carbons (Fsp3) is 0.778. The Morgan fingerprint density at radius 2 is 2.27 bits per heavy atom. The Labute approximate surface area is 87.4 Å². The van der Waals surface area contributed by atoms with E-state index in [2.05, 4.69) is 0 Å². The number of hydrogen-bond donors (Lipinski definition) is 2. The van der Waals surface area contributed by atoms with Crippen molar-refractivity contribution >= 4 is 11.9 Å². The highest BCUT2D eigenvalue weighted by Crippen LogP contribution is 2.17. The van der Waals surface area contributed by atoms with Gasteiger partial charge in [-0.05, 0) is 6.92 Å². The molecule has 3 atom stereocenters. The van der Waals surface area contributed by atoms with Crippen LogP contribution >= 0.6 is 0 Å². The van der Waals surface area contributed by atoms with E-state index >= 15 is 0 Å². The Hall–Kier alpha value is -1.14. The van der Waals surface area contributed by atoms with E-state index in [4.69, 9.17) is 9.84 Å². The molecule has 1 fully saturated rings. The third kappa shape index (κ3) is 2.45. The number of ether oxygens (including phenoxy) is 1. The van der Waals surface area contributed by atoms with Gasteiger partial charge in [-0.25, -0.2) is 4.79 Å². The summed E-state index contributed by atoms with van der Waals surface area (Å²) < 4.78 is 4.91. The van der Waals surface area contributed by atoms with Crippen LogP contribution in [0.15, 0.2) is 0 Å². The maximum atomic E-state index is 11.4. The summed E-state index contributed by atoms with van der Waals surface area (Å²) in [4.78, 5) is 23.5. The Morgan fingerprint density at radius 1 is 1.67 bits per heavy atom.